The van der Waals surface area contributed by atoms with E-state index < -0.39 is 0 Å². The third-order valence-corrected chi connectivity index (χ3v) is 10.1. The zero-order valence-electron chi connectivity index (χ0n) is 29.8. The number of aromatic nitrogens is 5. The highest BCUT2D eigenvalue weighted by Gasteiger charge is 2.37. The first-order valence-corrected chi connectivity index (χ1v) is 18.1. The zero-order valence-corrected chi connectivity index (χ0v) is 29.8. The summed E-state index contributed by atoms with van der Waals surface area (Å²) in [4.78, 5) is 53.2. The quantitative estimate of drug-likeness (QED) is 0.149. The minimum Gasteiger partial charge on any atom is -0.445 e. The number of nitrogens with one attached hydrogen (secondary N) is 2. The zero-order chi connectivity index (χ0) is 36.3. The molecule has 2 aliphatic rings. The molecule has 2 fully saturated rings. The number of hydrogen-bond donors (Lipinski definition) is 2. The molecule has 0 aliphatic carbocycles. The van der Waals surface area contributed by atoms with Gasteiger partial charge in [-0.2, -0.15) is 0 Å². The number of aromatic amines is 2. The van der Waals surface area contributed by atoms with Gasteiger partial charge in [-0.3, -0.25) is 14.6 Å². The standard InChI is InChI=1S/C41H42N8O4/c1-47(2)36(30-13-7-4-8-14-30)40(50)48-21-9-15-33(48)37-42-23-31(45-37)28-17-19-29(20-18-28)35-25-44-39(53-35)32-24-43-38(46-32)34-16-10-22-49(34)41(51)52-26-27-11-5-3-6-12-27/h3-8,11-14,17-20,23-25,33-34,36H,9-10,15-16,21-22,26H2,1-2H3,(H,42,45)(H,43,46)/t33-,34-,36-/m1/s1. The van der Waals surface area contributed by atoms with Crippen LogP contribution in [-0.4, -0.2) is 78.8 Å². The second-order valence-corrected chi connectivity index (χ2v) is 13.8. The van der Waals surface area contributed by atoms with Crippen molar-refractivity contribution >= 4 is 12.0 Å². The number of nitrogens with zero attached hydrogens (tertiary/aromatic N) is 6. The summed E-state index contributed by atoms with van der Waals surface area (Å²) in [5, 5.41) is 0. The van der Waals surface area contributed by atoms with Gasteiger partial charge in [-0.15, -0.1) is 0 Å². The number of carbonyl (C=O) groups is 2. The van der Waals surface area contributed by atoms with E-state index in [4.69, 9.17) is 14.1 Å². The van der Waals surface area contributed by atoms with Crippen LogP contribution in [0.3, 0.4) is 0 Å². The molecule has 3 aromatic carbocycles. The molecular weight excluding hydrogens is 669 g/mol. The number of imidazole rings is 2. The summed E-state index contributed by atoms with van der Waals surface area (Å²) in [6.45, 7) is 1.54. The lowest BCUT2D eigenvalue weighted by Gasteiger charge is -2.31. The maximum absolute atomic E-state index is 13.9. The Labute approximate surface area is 307 Å². The first-order chi connectivity index (χ1) is 25.9. The fourth-order valence-corrected chi connectivity index (χ4v) is 7.45. The second kappa shape index (κ2) is 14.9. The number of H-pyrrole nitrogens is 2. The molecule has 0 spiro atoms. The van der Waals surface area contributed by atoms with Crippen LogP contribution < -0.4 is 0 Å². The fourth-order valence-electron chi connectivity index (χ4n) is 7.45. The normalized spacial score (nSPS) is 17.8. The van der Waals surface area contributed by atoms with Crippen molar-refractivity contribution in [2.45, 2.75) is 50.4 Å². The van der Waals surface area contributed by atoms with Crippen molar-refractivity contribution in [3.63, 3.8) is 0 Å². The van der Waals surface area contributed by atoms with E-state index in [1.165, 1.54) is 0 Å². The molecule has 5 heterocycles. The third kappa shape index (κ3) is 7.10. The maximum atomic E-state index is 13.9. The van der Waals surface area contributed by atoms with Crippen molar-refractivity contribution < 1.29 is 18.7 Å². The smallest absolute Gasteiger partial charge is 0.410 e. The molecule has 0 bridgehead atoms. The Bertz CT molecular complexity index is 2160. The van der Waals surface area contributed by atoms with Gasteiger partial charge in [0.05, 0.1) is 36.4 Å². The minimum atomic E-state index is -0.357. The largest absolute Gasteiger partial charge is 0.445 e. The fraction of sp³-hybridized carbons (Fsp3) is 0.293. The molecule has 2 amide bonds. The number of carbonyl (C=O) groups excluding carboxylic acids is 2. The highest BCUT2D eigenvalue weighted by Crippen LogP contribution is 2.36. The lowest BCUT2D eigenvalue weighted by molar-refractivity contribution is -0.137. The van der Waals surface area contributed by atoms with Crippen LogP contribution >= 0.6 is 0 Å². The number of likely N-dealkylation sites (N-methyl/N-ethyl adjacent to an activating group) is 1. The first kappa shape index (κ1) is 34.1. The van der Waals surface area contributed by atoms with Gasteiger partial charge < -0.3 is 24.0 Å². The molecule has 8 rings (SSSR count). The number of amides is 2. The predicted molar refractivity (Wildman–Crippen MR) is 199 cm³/mol. The predicted octanol–water partition coefficient (Wildman–Crippen LogP) is 7.56. The summed E-state index contributed by atoms with van der Waals surface area (Å²) in [7, 11) is 3.89. The molecular formula is C41H42N8O4. The number of oxazole rings is 1. The molecule has 2 saturated heterocycles. The van der Waals surface area contributed by atoms with Crippen molar-refractivity contribution in [3.05, 3.63) is 126 Å². The highest BCUT2D eigenvalue weighted by molar-refractivity contribution is 5.84. The van der Waals surface area contributed by atoms with Gasteiger partial charge in [0.15, 0.2) is 5.76 Å². The van der Waals surface area contributed by atoms with E-state index in [1.54, 1.807) is 17.3 Å². The molecule has 3 aromatic heterocycles. The van der Waals surface area contributed by atoms with E-state index in [0.717, 1.165) is 59.5 Å². The Morgan fingerprint density at radius 3 is 2.08 bits per heavy atom. The summed E-state index contributed by atoms with van der Waals surface area (Å²) < 4.78 is 11.8. The Morgan fingerprint density at radius 1 is 0.774 bits per heavy atom. The van der Waals surface area contributed by atoms with Crippen LogP contribution in [0.5, 0.6) is 0 Å². The third-order valence-electron chi connectivity index (χ3n) is 10.1. The number of ether oxygens (including phenoxy) is 1. The van der Waals surface area contributed by atoms with E-state index in [0.29, 0.717) is 36.3 Å². The van der Waals surface area contributed by atoms with Crippen molar-refractivity contribution in [3.8, 4) is 34.2 Å². The van der Waals surface area contributed by atoms with Crippen molar-refractivity contribution in [1.82, 2.24) is 39.6 Å². The van der Waals surface area contributed by atoms with Crippen molar-refractivity contribution in [2.75, 3.05) is 27.2 Å². The number of benzene rings is 3. The first-order valence-electron chi connectivity index (χ1n) is 18.1. The SMILES string of the molecule is CN(C)[C@@H](C(=O)N1CCC[C@@H]1c1ncc(-c2ccc(-c3cnc(-c4cnc([C@H]5CCCN5C(=O)OCc5ccccc5)[nH]4)o3)cc2)[nH]1)c1ccccc1. The Balaban J connectivity index is 0.919. The van der Waals surface area contributed by atoms with E-state index in [1.807, 2.05) is 115 Å². The van der Waals surface area contributed by atoms with E-state index in [-0.39, 0.29) is 36.7 Å². The molecule has 6 aromatic rings. The van der Waals surface area contributed by atoms with Crippen LogP contribution in [0.25, 0.3) is 34.2 Å². The molecule has 53 heavy (non-hydrogen) atoms. The monoisotopic (exact) mass is 710 g/mol. The van der Waals surface area contributed by atoms with Gasteiger partial charge in [-0.1, -0.05) is 84.9 Å². The van der Waals surface area contributed by atoms with E-state index in [9.17, 15) is 9.59 Å². The van der Waals surface area contributed by atoms with Gasteiger partial charge >= 0.3 is 6.09 Å². The van der Waals surface area contributed by atoms with Crippen LogP contribution in [0.15, 0.2) is 108 Å². The summed E-state index contributed by atoms with van der Waals surface area (Å²) in [5.74, 6) is 2.59. The van der Waals surface area contributed by atoms with E-state index >= 15 is 0 Å². The van der Waals surface area contributed by atoms with Gasteiger partial charge in [0.1, 0.15) is 30.0 Å². The Hall–Kier alpha value is -6.01. The highest BCUT2D eigenvalue weighted by atomic mass is 16.6. The van der Waals surface area contributed by atoms with Crippen LogP contribution in [0.4, 0.5) is 4.79 Å². The summed E-state index contributed by atoms with van der Waals surface area (Å²) in [6.07, 6.45) is 8.32. The van der Waals surface area contributed by atoms with Gasteiger partial charge in [0, 0.05) is 18.7 Å². The van der Waals surface area contributed by atoms with Crippen LogP contribution in [0, 0.1) is 0 Å². The van der Waals surface area contributed by atoms with Crippen molar-refractivity contribution in [1.29, 1.82) is 0 Å². The number of rotatable bonds is 10. The minimum absolute atomic E-state index is 0.0866. The van der Waals surface area contributed by atoms with Gasteiger partial charge in [-0.05, 0) is 56.5 Å². The topological polar surface area (TPSA) is 136 Å². The summed E-state index contributed by atoms with van der Waals surface area (Å²) >= 11 is 0. The molecule has 3 atom stereocenters. The Morgan fingerprint density at radius 2 is 1.38 bits per heavy atom. The molecule has 12 heteroatoms. The molecule has 2 N–H and O–H groups in total. The molecule has 0 unspecified atom stereocenters. The van der Waals surface area contributed by atoms with Crippen LogP contribution in [0.1, 0.15) is 66.6 Å². The summed E-state index contributed by atoms with van der Waals surface area (Å²) in [5.41, 5.74) is 5.29. The van der Waals surface area contributed by atoms with Crippen molar-refractivity contribution in [2.24, 2.45) is 0 Å². The molecule has 270 valence electrons. The number of likely N-dealkylation sites (tertiary alicyclic amines) is 2. The summed E-state index contributed by atoms with van der Waals surface area (Å²) in [6, 6.07) is 26.9. The van der Waals surface area contributed by atoms with Crippen LogP contribution in [-0.2, 0) is 16.1 Å². The van der Waals surface area contributed by atoms with Gasteiger partial charge in [0.2, 0.25) is 11.8 Å². The average molecular weight is 711 g/mol. The number of hydrogen-bond acceptors (Lipinski definition) is 8. The molecule has 0 saturated carbocycles. The Kier molecular flexibility index (Phi) is 9.60. The molecule has 12 nitrogen and oxygen atoms in total. The molecule has 2 aliphatic heterocycles. The van der Waals surface area contributed by atoms with Crippen LogP contribution in [0.2, 0.25) is 0 Å². The lowest BCUT2D eigenvalue weighted by atomic mass is 10.0. The second-order valence-electron chi connectivity index (χ2n) is 13.8. The maximum Gasteiger partial charge on any atom is 0.410 e. The van der Waals surface area contributed by atoms with Gasteiger partial charge in [-0.25, -0.2) is 19.7 Å². The van der Waals surface area contributed by atoms with E-state index in [2.05, 4.69) is 19.9 Å². The van der Waals surface area contributed by atoms with Gasteiger partial charge in [0.25, 0.3) is 0 Å². The molecule has 0 radical (unpaired) electrons. The lowest BCUT2D eigenvalue weighted by Crippen LogP contribution is -2.40. The average Bonchev–Trinajstić information content (AvgIpc) is 4.04.